The van der Waals surface area contributed by atoms with Crippen LogP contribution >= 0.6 is 0 Å². The summed E-state index contributed by atoms with van der Waals surface area (Å²) in [6.45, 7) is 0.768. The van der Waals surface area contributed by atoms with Crippen LogP contribution in [0.3, 0.4) is 0 Å². The second-order valence-corrected chi connectivity index (χ2v) is 9.59. The molecule has 0 aliphatic carbocycles. The standard InChI is InChI=1S/C24H25N3O3S/c1-26(2)21-12-10-18(11-13-21)17-25-24(28)20-7-5-8-22(16-20)31(29,30)27-15-14-19-6-3-4-9-23(19)27/h3-13,16H,14-15,17H2,1-2H3,(H,25,28). The molecule has 0 aromatic heterocycles. The smallest absolute Gasteiger partial charge is 0.264 e. The minimum absolute atomic E-state index is 0.118. The highest BCUT2D eigenvalue weighted by Crippen LogP contribution is 2.32. The number of amides is 1. The topological polar surface area (TPSA) is 69.7 Å². The van der Waals surface area contributed by atoms with Crippen molar-refractivity contribution in [2.45, 2.75) is 17.9 Å². The molecule has 0 radical (unpaired) electrons. The van der Waals surface area contributed by atoms with Gasteiger partial charge in [0.2, 0.25) is 0 Å². The fraction of sp³-hybridized carbons (Fsp3) is 0.208. The van der Waals surface area contributed by atoms with E-state index in [-0.39, 0.29) is 10.8 Å². The second kappa shape index (κ2) is 8.43. The summed E-state index contributed by atoms with van der Waals surface area (Å²) in [5, 5.41) is 2.87. The number of carbonyl (C=O) groups excluding carboxylic acids is 1. The maximum atomic E-state index is 13.2. The summed E-state index contributed by atoms with van der Waals surface area (Å²) in [6, 6.07) is 21.6. The Labute approximate surface area is 183 Å². The molecule has 0 saturated carbocycles. The van der Waals surface area contributed by atoms with Crippen molar-refractivity contribution >= 4 is 27.3 Å². The number of hydrogen-bond donors (Lipinski definition) is 1. The Hall–Kier alpha value is -3.32. The maximum absolute atomic E-state index is 13.2. The van der Waals surface area contributed by atoms with E-state index in [2.05, 4.69) is 5.32 Å². The molecule has 6 nitrogen and oxygen atoms in total. The summed E-state index contributed by atoms with van der Waals surface area (Å²) >= 11 is 0. The molecule has 0 fully saturated rings. The van der Waals surface area contributed by atoms with Gasteiger partial charge in [0.25, 0.3) is 15.9 Å². The molecule has 0 saturated heterocycles. The van der Waals surface area contributed by atoms with Gasteiger partial charge in [0, 0.05) is 38.4 Å². The molecular weight excluding hydrogens is 410 g/mol. The summed E-state index contributed by atoms with van der Waals surface area (Å²) < 4.78 is 27.9. The normalized spacial score (nSPS) is 13.0. The van der Waals surface area contributed by atoms with Crippen molar-refractivity contribution in [3.8, 4) is 0 Å². The highest BCUT2D eigenvalue weighted by molar-refractivity contribution is 7.92. The number of nitrogens with zero attached hydrogens (tertiary/aromatic N) is 2. The maximum Gasteiger partial charge on any atom is 0.264 e. The average molecular weight is 436 g/mol. The van der Waals surface area contributed by atoms with Gasteiger partial charge in [-0.3, -0.25) is 9.10 Å². The lowest BCUT2D eigenvalue weighted by Gasteiger charge is -2.20. The third-order valence-electron chi connectivity index (χ3n) is 5.43. The molecule has 3 aromatic carbocycles. The Morgan fingerprint density at radius 1 is 1.00 bits per heavy atom. The quantitative estimate of drug-likeness (QED) is 0.644. The van der Waals surface area contributed by atoms with E-state index in [4.69, 9.17) is 0 Å². The highest BCUT2D eigenvalue weighted by atomic mass is 32.2. The van der Waals surface area contributed by atoms with Crippen molar-refractivity contribution in [3.63, 3.8) is 0 Å². The van der Waals surface area contributed by atoms with Gasteiger partial charge in [-0.25, -0.2) is 8.42 Å². The predicted octanol–water partition coefficient (Wildman–Crippen LogP) is 3.43. The van der Waals surface area contributed by atoms with Gasteiger partial charge in [-0.1, -0.05) is 36.4 Å². The lowest BCUT2D eigenvalue weighted by molar-refractivity contribution is 0.0950. The van der Waals surface area contributed by atoms with Crippen LogP contribution in [0.4, 0.5) is 11.4 Å². The number of sulfonamides is 1. The van der Waals surface area contributed by atoms with Crippen molar-refractivity contribution < 1.29 is 13.2 Å². The van der Waals surface area contributed by atoms with Crippen LogP contribution in [0.15, 0.2) is 77.7 Å². The van der Waals surface area contributed by atoms with Crippen LogP contribution < -0.4 is 14.5 Å². The fourth-order valence-corrected chi connectivity index (χ4v) is 5.23. The number of nitrogens with one attached hydrogen (secondary N) is 1. The molecule has 1 aliphatic rings. The monoisotopic (exact) mass is 435 g/mol. The Bertz CT molecular complexity index is 1200. The van der Waals surface area contributed by atoms with Crippen LogP contribution in [-0.4, -0.2) is 35.0 Å². The van der Waals surface area contributed by atoms with E-state index in [0.29, 0.717) is 30.8 Å². The first-order valence-electron chi connectivity index (χ1n) is 10.1. The summed E-state index contributed by atoms with van der Waals surface area (Å²) in [5.41, 5.74) is 4.09. The van der Waals surface area contributed by atoms with Gasteiger partial charge in [-0.05, 0) is 53.9 Å². The number of carbonyl (C=O) groups is 1. The number of anilines is 2. The zero-order valence-corrected chi connectivity index (χ0v) is 18.4. The summed E-state index contributed by atoms with van der Waals surface area (Å²) in [6.07, 6.45) is 0.683. The van der Waals surface area contributed by atoms with Gasteiger partial charge in [0.1, 0.15) is 0 Å². The van der Waals surface area contributed by atoms with Gasteiger partial charge in [-0.2, -0.15) is 0 Å². The molecule has 3 aromatic rings. The number of rotatable bonds is 6. The molecule has 0 bridgehead atoms. The average Bonchev–Trinajstić information content (AvgIpc) is 3.23. The molecule has 1 aliphatic heterocycles. The first-order chi connectivity index (χ1) is 14.9. The molecule has 4 rings (SSSR count). The van der Waals surface area contributed by atoms with Gasteiger partial charge in [0.15, 0.2) is 0 Å². The molecule has 160 valence electrons. The van der Waals surface area contributed by atoms with Crippen molar-refractivity contribution in [3.05, 3.63) is 89.5 Å². The van der Waals surface area contributed by atoms with Crippen LogP contribution in [0.1, 0.15) is 21.5 Å². The van der Waals surface area contributed by atoms with E-state index >= 15 is 0 Å². The molecule has 0 atom stereocenters. The minimum Gasteiger partial charge on any atom is -0.378 e. The van der Waals surface area contributed by atoms with E-state index in [0.717, 1.165) is 16.8 Å². The number of benzene rings is 3. The van der Waals surface area contributed by atoms with E-state index in [1.807, 2.05) is 67.5 Å². The van der Waals surface area contributed by atoms with Gasteiger partial charge >= 0.3 is 0 Å². The van der Waals surface area contributed by atoms with E-state index in [1.54, 1.807) is 12.1 Å². The molecule has 1 amide bonds. The Balaban J connectivity index is 1.49. The zero-order chi connectivity index (χ0) is 22.0. The third kappa shape index (κ3) is 4.27. The van der Waals surface area contributed by atoms with Gasteiger partial charge in [0.05, 0.1) is 10.6 Å². The zero-order valence-electron chi connectivity index (χ0n) is 17.6. The highest BCUT2D eigenvalue weighted by Gasteiger charge is 2.30. The summed E-state index contributed by atoms with van der Waals surface area (Å²) in [5.74, 6) is -0.310. The van der Waals surface area contributed by atoms with Crippen LogP contribution in [0, 0.1) is 0 Å². The first-order valence-corrected chi connectivity index (χ1v) is 11.6. The number of para-hydroxylation sites is 1. The Morgan fingerprint density at radius 3 is 2.48 bits per heavy atom. The van der Waals surface area contributed by atoms with E-state index in [9.17, 15) is 13.2 Å². The SMILES string of the molecule is CN(C)c1ccc(CNC(=O)c2cccc(S(=O)(=O)N3CCc4ccccc43)c2)cc1. The van der Waals surface area contributed by atoms with Crippen molar-refractivity contribution in [2.24, 2.45) is 0 Å². The largest absolute Gasteiger partial charge is 0.378 e. The van der Waals surface area contributed by atoms with Gasteiger partial charge < -0.3 is 10.2 Å². The fourth-order valence-electron chi connectivity index (χ4n) is 3.68. The number of hydrogen-bond acceptors (Lipinski definition) is 4. The van der Waals surface area contributed by atoms with E-state index in [1.165, 1.54) is 16.4 Å². The van der Waals surface area contributed by atoms with Crippen molar-refractivity contribution in [2.75, 3.05) is 29.8 Å². The van der Waals surface area contributed by atoms with E-state index < -0.39 is 10.0 Å². The Morgan fingerprint density at radius 2 is 1.74 bits per heavy atom. The summed E-state index contributed by atoms with van der Waals surface area (Å²) in [4.78, 5) is 14.8. The van der Waals surface area contributed by atoms with Crippen LogP contribution in [0.5, 0.6) is 0 Å². The first kappa shape index (κ1) is 20.9. The van der Waals surface area contributed by atoms with Crippen LogP contribution in [-0.2, 0) is 23.0 Å². The molecule has 1 N–H and O–H groups in total. The molecule has 0 unspecified atom stereocenters. The lowest BCUT2D eigenvalue weighted by atomic mass is 10.1. The molecule has 1 heterocycles. The molecule has 7 heteroatoms. The molecular formula is C24H25N3O3S. The third-order valence-corrected chi connectivity index (χ3v) is 7.24. The number of fused-ring (bicyclic) bond motifs is 1. The van der Waals surface area contributed by atoms with Crippen molar-refractivity contribution in [1.29, 1.82) is 0 Å². The molecule has 31 heavy (non-hydrogen) atoms. The van der Waals surface area contributed by atoms with Crippen LogP contribution in [0.25, 0.3) is 0 Å². The van der Waals surface area contributed by atoms with Crippen LogP contribution in [0.2, 0.25) is 0 Å². The summed E-state index contributed by atoms with van der Waals surface area (Å²) in [7, 11) is 0.202. The second-order valence-electron chi connectivity index (χ2n) is 7.73. The Kier molecular flexibility index (Phi) is 5.69. The van der Waals surface area contributed by atoms with Gasteiger partial charge in [-0.15, -0.1) is 0 Å². The predicted molar refractivity (Wildman–Crippen MR) is 123 cm³/mol. The lowest BCUT2D eigenvalue weighted by Crippen LogP contribution is -2.29. The molecule has 0 spiro atoms. The van der Waals surface area contributed by atoms with Crippen molar-refractivity contribution in [1.82, 2.24) is 5.32 Å². The minimum atomic E-state index is -3.74.